The molecule has 3 N–H and O–H groups in total. The van der Waals surface area contributed by atoms with Gasteiger partial charge in [-0.05, 0) is 28.8 Å². The van der Waals surface area contributed by atoms with Gasteiger partial charge in [0.1, 0.15) is 0 Å². The van der Waals surface area contributed by atoms with Crippen molar-refractivity contribution in [3.8, 4) is 0 Å². The van der Waals surface area contributed by atoms with Gasteiger partial charge in [-0.2, -0.15) is 25.3 Å². The van der Waals surface area contributed by atoms with E-state index in [9.17, 15) is 48.5 Å². The fourth-order valence-corrected chi connectivity index (χ4v) is 8.95. The summed E-state index contributed by atoms with van der Waals surface area (Å²) < 4.78 is 104. The molecule has 4 rings (SSSR count). The summed E-state index contributed by atoms with van der Waals surface area (Å²) in [5, 5.41) is -0.278. The maximum atomic E-state index is 13.5. The lowest BCUT2D eigenvalue weighted by molar-refractivity contribution is -0.114. The van der Waals surface area contributed by atoms with Crippen molar-refractivity contribution in [2.75, 3.05) is 0 Å². The number of Topliss-reactive ketones (excluding diaryl/α,β-unsaturated/α-hetero) is 2. The summed E-state index contributed by atoms with van der Waals surface area (Å²) in [5.41, 5.74) is -0.823. The van der Waals surface area contributed by atoms with E-state index in [0.29, 0.717) is 6.42 Å². The smallest absolute Gasteiger partial charge is 0.294 e. The van der Waals surface area contributed by atoms with Crippen LogP contribution in [0.3, 0.4) is 0 Å². The molecule has 3 aliphatic carbocycles. The van der Waals surface area contributed by atoms with Gasteiger partial charge >= 0.3 is 0 Å². The molecule has 3 aliphatic rings. The van der Waals surface area contributed by atoms with Crippen molar-refractivity contribution >= 4 is 58.0 Å². The molecule has 0 saturated carbocycles. The van der Waals surface area contributed by atoms with Gasteiger partial charge in [-0.1, -0.05) is 108 Å². The lowest BCUT2D eigenvalue weighted by Gasteiger charge is -2.31. The van der Waals surface area contributed by atoms with Crippen molar-refractivity contribution in [2.24, 2.45) is 0 Å². The Morgan fingerprint density at radius 2 is 1.20 bits per heavy atom. The van der Waals surface area contributed by atoms with Crippen LogP contribution in [0.5, 0.6) is 0 Å². The molecule has 0 spiro atoms. The summed E-state index contributed by atoms with van der Waals surface area (Å²) in [4.78, 5) is 23.3. The van der Waals surface area contributed by atoms with Crippen LogP contribution in [0, 0.1) is 0 Å². The van der Waals surface area contributed by atoms with E-state index < -0.39 is 73.3 Å². The topological polar surface area (TPSA) is 197 Å². The second-order valence-corrected chi connectivity index (χ2v) is 16.1. The molecule has 0 heterocycles. The zero-order chi connectivity index (χ0) is 33.9. The zero-order valence-electron chi connectivity index (χ0n) is 25.7. The highest BCUT2D eigenvalue weighted by molar-refractivity contribution is 7.97. The van der Waals surface area contributed by atoms with Gasteiger partial charge in [-0.25, -0.2) is 0 Å². The van der Waals surface area contributed by atoms with Crippen molar-refractivity contribution < 1.29 is 48.5 Å². The summed E-state index contributed by atoms with van der Waals surface area (Å²) in [6.45, 7) is 2.20. The maximum Gasteiger partial charge on any atom is 0.299 e. The van der Waals surface area contributed by atoms with E-state index in [4.69, 9.17) is 0 Å². The number of carbonyl (C=O) groups is 2. The molecular weight excluding hydrogens is 657 g/mol. The van der Waals surface area contributed by atoms with Crippen LogP contribution in [0.25, 0.3) is 16.1 Å². The van der Waals surface area contributed by atoms with Crippen molar-refractivity contribution in [1.82, 2.24) is 0 Å². The second-order valence-electron chi connectivity index (χ2n) is 12.0. The summed E-state index contributed by atoms with van der Waals surface area (Å²) >= 11 is 0. The van der Waals surface area contributed by atoms with Gasteiger partial charge in [0.25, 0.3) is 30.4 Å². The Bertz CT molecular complexity index is 1960. The number of unbranched alkanes of at least 4 members (excludes halogenated alkanes) is 12. The van der Waals surface area contributed by atoms with Crippen LogP contribution in [0.15, 0.2) is 40.2 Å². The Balaban J connectivity index is 1.61. The highest BCUT2D eigenvalue weighted by Crippen LogP contribution is 2.43. The molecule has 1 atom stereocenters. The van der Waals surface area contributed by atoms with Crippen molar-refractivity contribution in [1.29, 1.82) is 0 Å². The quantitative estimate of drug-likeness (QED) is 0.144. The van der Waals surface area contributed by atoms with Crippen LogP contribution in [0.1, 0.15) is 114 Å². The maximum absolute atomic E-state index is 13.5. The van der Waals surface area contributed by atoms with E-state index in [1.165, 1.54) is 63.5 Å². The normalized spacial score (nSPS) is 17.8. The minimum atomic E-state index is -5.35. The Morgan fingerprint density at radius 3 is 1.70 bits per heavy atom. The molecule has 1 unspecified atom stereocenters. The van der Waals surface area contributed by atoms with E-state index in [2.05, 4.69) is 6.92 Å². The first-order valence-corrected chi connectivity index (χ1v) is 20.0. The first kappa shape index (κ1) is 36.1. The third kappa shape index (κ3) is 7.85. The van der Waals surface area contributed by atoms with Crippen LogP contribution in [-0.4, -0.2) is 50.5 Å². The third-order valence-corrected chi connectivity index (χ3v) is 11.5. The molecule has 1 aromatic rings. The van der Waals surface area contributed by atoms with Crippen LogP contribution in [0.4, 0.5) is 0 Å². The largest absolute Gasteiger partial charge is 0.299 e. The average Bonchev–Trinajstić information content (AvgIpc) is 2.95. The standard InChI is InChI=1S/C32H40O11S3/c1-2-3-4-5-6-7-8-9-10-11-12-13-14-15-26(33)25-20-27(44(35,36)37)22-17-19-24-29-23(18-16-21(25)28(22)29)31(45(38,39)40)30(34)32(24)46(41,42)43/h16-20,22H,2-15H2,1H3,(H,35,36,37)(H,38,39,40)(H,41,42,43). The fourth-order valence-electron chi connectivity index (χ4n) is 6.53. The summed E-state index contributed by atoms with van der Waals surface area (Å²) in [5.74, 6) is -3.39. The van der Waals surface area contributed by atoms with E-state index in [1.54, 1.807) is 0 Å². The highest BCUT2D eigenvalue weighted by atomic mass is 32.2. The lowest BCUT2D eigenvalue weighted by Crippen LogP contribution is -2.38. The number of ketones is 2. The van der Waals surface area contributed by atoms with Crippen molar-refractivity contribution in [2.45, 2.75) is 103 Å². The van der Waals surface area contributed by atoms with E-state index in [1.807, 2.05) is 0 Å². The molecule has 1 aromatic carbocycles. The lowest BCUT2D eigenvalue weighted by atomic mass is 9.76. The molecule has 46 heavy (non-hydrogen) atoms. The molecule has 0 aromatic heterocycles. The van der Waals surface area contributed by atoms with Crippen LogP contribution in [0.2, 0.25) is 0 Å². The Hall–Kier alpha value is -2.75. The van der Waals surface area contributed by atoms with Gasteiger partial charge < -0.3 is 0 Å². The van der Waals surface area contributed by atoms with Gasteiger partial charge in [0, 0.05) is 28.7 Å². The Morgan fingerprint density at radius 1 is 0.696 bits per heavy atom. The molecule has 11 nitrogen and oxygen atoms in total. The Kier molecular flexibility index (Phi) is 11.4. The molecule has 0 radical (unpaired) electrons. The van der Waals surface area contributed by atoms with Crippen molar-refractivity contribution in [3.63, 3.8) is 0 Å². The Labute approximate surface area is 270 Å². The first-order valence-electron chi connectivity index (χ1n) is 15.6. The number of benzene rings is 1. The van der Waals surface area contributed by atoms with Gasteiger partial charge in [-0.15, -0.1) is 0 Å². The average molecular weight is 697 g/mol. The van der Waals surface area contributed by atoms with Crippen LogP contribution < -0.4 is 10.4 Å². The van der Waals surface area contributed by atoms with E-state index in [0.717, 1.165) is 43.9 Å². The minimum Gasteiger partial charge on any atom is -0.294 e. The predicted octanol–water partition coefficient (Wildman–Crippen LogP) is 4.50. The summed E-state index contributed by atoms with van der Waals surface area (Å²) in [6.07, 6.45) is 17.7. The molecule has 0 fully saturated rings. The predicted molar refractivity (Wildman–Crippen MR) is 174 cm³/mol. The molecule has 14 heteroatoms. The first-order chi connectivity index (χ1) is 21.6. The molecule has 0 bridgehead atoms. The van der Waals surface area contributed by atoms with Gasteiger partial charge in [-0.3, -0.25) is 23.2 Å². The number of hydrogen-bond donors (Lipinski definition) is 3. The number of allylic oxidation sites excluding steroid dienone is 6. The molecular formula is C32H40O11S3. The van der Waals surface area contributed by atoms with E-state index >= 15 is 0 Å². The van der Waals surface area contributed by atoms with Gasteiger partial charge in [0.2, 0.25) is 5.78 Å². The monoisotopic (exact) mass is 696 g/mol. The molecule has 0 saturated heterocycles. The van der Waals surface area contributed by atoms with Crippen LogP contribution >= 0.6 is 0 Å². The third-order valence-electron chi connectivity index (χ3n) is 8.69. The van der Waals surface area contributed by atoms with E-state index in [-0.39, 0.29) is 28.3 Å². The number of rotatable bonds is 18. The SMILES string of the molecule is CCCCCCCCCCCCCCCC(=O)C1=c2ccc3c4c2C(C=CC4=C(S(=O)(=O)O)C(=O)C=3S(=O)(=O)O)C(S(=O)(=O)O)=C1. The zero-order valence-corrected chi connectivity index (χ0v) is 28.1. The minimum absolute atomic E-state index is 0.0476. The van der Waals surface area contributed by atoms with Gasteiger partial charge in [0.05, 0.1) is 4.91 Å². The summed E-state index contributed by atoms with van der Waals surface area (Å²) in [6, 6.07) is 2.42. The molecule has 0 aliphatic heterocycles. The number of carbonyl (C=O) groups excluding carboxylic acids is 2. The van der Waals surface area contributed by atoms with Crippen LogP contribution in [-0.2, 0) is 39.9 Å². The highest BCUT2D eigenvalue weighted by Gasteiger charge is 2.43. The fraction of sp³-hybridized carbons (Fsp3) is 0.500. The summed E-state index contributed by atoms with van der Waals surface area (Å²) in [7, 11) is -15.6. The van der Waals surface area contributed by atoms with Gasteiger partial charge in [0.15, 0.2) is 15.6 Å². The molecule has 0 amide bonds. The molecule has 252 valence electrons. The van der Waals surface area contributed by atoms with Crippen molar-refractivity contribution in [3.05, 3.63) is 61.7 Å². The second kappa shape index (κ2) is 14.6. The number of hydrogen-bond acceptors (Lipinski definition) is 8.